The van der Waals surface area contributed by atoms with Crippen LogP contribution in [0.1, 0.15) is 15.9 Å². The molecule has 34 heavy (non-hydrogen) atoms. The molecule has 4 rings (SSSR count). The lowest BCUT2D eigenvalue weighted by Gasteiger charge is -2.30. The number of hydrogen-bond acceptors (Lipinski definition) is 6. The maximum absolute atomic E-state index is 12.2. The Kier molecular flexibility index (Phi) is 7.58. The molecule has 2 aromatic carbocycles. The van der Waals surface area contributed by atoms with Gasteiger partial charge in [0.15, 0.2) is 5.78 Å². The van der Waals surface area contributed by atoms with E-state index in [1.165, 1.54) is 6.08 Å². The second-order valence-electron chi connectivity index (χ2n) is 8.14. The molecule has 0 bridgehead atoms. The van der Waals surface area contributed by atoms with Crippen molar-refractivity contribution in [2.45, 2.75) is 18.4 Å². The zero-order valence-corrected chi connectivity index (χ0v) is 20.4. The molecule has 1 saturated heterocycles. The Morgan fingerprint density at radius 1 is 1.26 bits per heavy atom. The van der Waals surface area contributed by atoms with Crippen molar-refractivity contribution in [1.82, 2.24) is 14.5 Å². The normalized spacial score (nSPS) is 20.1. The number of benzene rings is 2. The van der Waals surface area contributed by atoms with Gasteiger partial charge in [-0.3, -0.25) is 4.79 Å². The fourth-order valence-corrected chi connectivity index (χ4v) is 4.15. The lowest BCUT2D eigenvalue weighted by Crippen LogP contribution is -2.34. The lowest BCUT2D eigenvalue weighted by molar-refractivity contribution is -0.189. The third kappa shape index (κ3) is 5.80. The molecule has 9 heteroatoms. The number of hydrogen-bond donors (Lipinski definition) is 0. The number of ketones is 1. The summed E-state index contributed by atoms with van der Waals surface area (Å²) in [6, 6.07) is 12.2. The Morgan fingerprint density at radius 2 is 2.06 bits per heavy atom. The minimum atomic E-state index is -1.11. The van der Waals surface area contributed by atoms with Crippen LogP contribution in [0.4, 0.5) is 0 Å². The second-order valence-corrected chi connectivity index (χ2v) is 8.99. The highest BCUT2D eigenvalue weighted by Gasteiger charge is 2.45. The van der Waals surface area contributed by atoms with Crippen LogP contribution in [0.3, 0.4) is 0 Å². The monoisotopic (exact) mass is 501 g/mol. The summed E-state index contributed by atoms with van der Waals surface area (Å²) in [7, 11) is 3.72. The standard InChI is InChI=1S/C25H25Cl2N3O4/c1-29(2)11-9-24(31)18-3-6-20(7-4-18)32-14-21-15-33-25(34-21,16-30-12-10-28-17-30)22-8-5-19(26)13-23(22)27/h3-13,17,21H,14-16H2,1-2H3. The van der Waals surface area contributed by atoms with Gasteiger partial charge in [-0.25, -0.2) is 4.98 Å². The molecule has 0 aliphatic carbocycles. The molecule has 2 heterocycles. The highest BCUT2D eigenvalue weighted by Crippen LogP contribution is 2.40. The van der Waals surface area contributed by atoms with Gasteiger partial charge in [0.1, 0.15) is 18.5 Å². The Morgan fingerprint density at radius 3 is 2.74 bits per heavy atom. The van der Waals surface area contributed by atoms with Gasteiger partial charge in [-0.15, -0.1) is 0 Å². The van der Waals surface area contributed by atoms with Crippen LogP contribution in [0.5, 0.6) is 5.75 Å². The van der Waals surface area contributed by atoms with Crippen molar-refractivity contribution < 1.29 is 19.0 Å². The number of carbonyl (C=O) groups is 1. The maximum Gasteiger partial charge on any atom is 0.215 e. The van der Waals surface area contributed by atoms with E-state index in [1.54, 1.807) is 55.1 Å². The molecule has 178 valence electrons. The van der Waals surface area contributed by atoms with Crippen LogP contribution in [0.2, 0.25) is 10.0 Å². The predicted octanol–water partition coefficient (Wildman–Crippen LogP) is 4.80. The molecule has 0 amide bonds. The number of imidazole rings is 1. The molecule has 0 spiro atoms. The summed E-state index contributed by atoms with van der Waals surface area (Å²) < 4.78 is 20.4. The molecule has 0 N–H and O–H groups in total. The summed E-state index contributed by atoms with van der Waals surface area (Å²) in [6.45, 7) is 0.951. The molecule has 3 aromatic rings. The molecular weight excluding hydrogens is 477 g/mol. The number of carbonyl (C=O) groups excluding carboxylic acids is 1. The summed E-state index contributed by atoms with van der Waals surface area (Å²) in [4.78, 5) is 18.1. The van der Waals surface area contributed by atoms with E-state index >= 15 is 0 Å². The molecule has 1 aromatic heterocycles. The van der Waals surface area contributed by atoms with Gasteiger partial charge in [0.25, 0.3) is 0 Å². The highest BCUT2D eigenvalue weighted by atomic mass is 35.5. The van der Waals surface area contributed by atoms with Crippen LogP contribution in [0, 0.1) is 0 Å². The summed E-state index contributed by atoms with van der Waals surface area (Å²) in [5, 5.41) is 0.987. The topological polar surface area (TPSA) is 65.8 Å². The van der Waals surface area contributed by atoms with Crippen molar-refractivity contribution in [1.29, 1.82) is 0 Å². The summed E-state index contributed by atoms with van der Waals surface area (Å²) >= 11 is 12.6. The third-order valence-electron chi connectivity index (χ3n) is 5.25. The number of allylic oxidation sites excluding steroid dienone is 1. The van der Waals surface area contributed by atoms with Crippen molar-refractivity contribution in [3.63, 3.8) is 0 Å². The van der Waals surface area contributed by atoms with Gasteiger partial charge in [0.05, 0.1) is 24.5 Å². The minimum absolute atomic E-state index is 0.0723. The van der Waals surface area contributed by atoms with Gasteiger partial charge in [0, 0.05) is 54.9 Å². The first-order valence-corrected chi connectivity index (χ1v) is 11.4. The Balaban J connectivity index is 1.43. The summed E-state index contributed by atoms with van der Waals surface area (Å²) in [5.74, 6) is -0.545. The van der Waals surface area contributed by atoms with E-state index in [2.05, 4.69) is 4.98 Å². The first-order chi connectivity index (χ1) is 16.3. The first kappa shape index (κ1) is 24.3. The van der Waals surface area contributed by atoms with E-state index in [0.29, 0.717) is 40.1 Å². The molecular formula is C25H25Cl2N3O4. The summed E-state index contributed by atoms with van der Waals surface area (Å²) in [6.07, 6.45) is 8.13. The van der Waals surface area contributed by atoms with Crippen molar-refractivity contribution in [3.05, 3.63) is 94.6 Å². The van der Waals surface area contributed by atoms with E-state index in [9.17, 15) is 4.79 Å². The van der Waals surface area contributed by atoms with E-state index in [0.717, 1.165) is 0 Å². The quantitative estimate of drug-likeness (QED) is 0.310. The molecule has 0 saturated carbocycles. The number of halogens is 2. The van der Waals surface area contributed by atoms with Crippen LogP contribution >= 0.6 is 23.2 Å². The molecule has 1 fully saturated rings. The fourth-order valence-electron chi connectivity index (χ4n) is 3.59. The Labute approximate surface area is 208 Å². The minimum Gasteiger partial charge on any atom is -0.491 e. The van der Waals surface area contributed by atoms with E-state index in [4.69, 9.17) is 37.4 Å². The van der Waals surface area contributed by atoms with Crippen LogP contribution < -0.4 is 4.74 Å². The average molecular weight is 502 g/mol. The van der Waals surface area contributed by atoms with Gasteiger partial charge < -0.3 is 23.7 Å². The highest BCUT2D eigenvalue weighted by molar-refractivity contribution is 6.35. The van der Waals surface area contributed by atoms with Gasteiger partial charge in [-0.2, -0.15) is 0 Å². The van der Waals surface area contributed by atoms with E-state index < -0.39 is 5.79 Å². The molecule has 2 atom stereocenters. The van der Waals surface area contributed by atoms with Gasteiger partial charge in [0.2, 0.25) is 5.79 Å². The van der Waals surface area contributed by atoms with Crippen molar-refractivity contribution in [3.8, 4) is 5.75 Å². The Bertz CT molecular complexity index is 1150. The number of ether oxygens (including phenoxy) is 3. The number of aromatic nitrogens is 2. The molecule has 0 radical (unpaired) electrons. The molecule has 1 aliphatic rings. The predicted molar refractivity (Wildman–Crippen MR) is 130 cm³/mol. The van der Waals surface area contributed by atoms with E-state index in [1.807, 2.05) is 35.8 Å². The van der Waals surface area contributed by atoms with Crippen molar-refractivity contribution in [2.24, 2.45) is 0 Å². The van der Waals surface area contributed by atoms with Crippen LogP contribution in [-0.4, -0.2) is 53.6 Å². The average Bonchev–Trinajstić information content (AvgIpc) is 3.47. The second kappa shape index (κ2) is 10.6. The zero-order valence-electron chi connectivity index (χ0n) is 18.9. The van der Waals surface area contributed by atoms with Crippen LogP contribution in [0.15, 0.2) is 73.5 Å². The molecule has 7 nitrogen and oxygen atoms in total. The SMILES string of the molecule is CN(C)C=CC(=O)c1ccc(OCC2COC(Cn3ccnc3)(c3ccc(Cl)cc3Cl)O2)cc1. The zero-order chi connectivity index (χ0) is 24.1. The lowest BCUT2D eigenvalue weighted by atomic mass is 10.1. The van der Waals surface area contributed by atoms with Gasteiger partial charge >= 0.3 is 0 Å². The first-order valence-electron chi connectivity index (χ1n) is 10.7. The largest absolute Gasteiger partial charge is 0.491 e. The third-order valence-corrected chi connectivity index (χ3v) is 5.80. The summed E-state index contributed by atoms with van der Waals surface area (Å²) in [5.41, 5.74) is 1.27. The van der Waals surface area contributed by atoms with Crippen LogP contribution in [0.25, 0.3) is 0 Å². The smallest absolute Gasteiger partial charge is 0.215 e. The van der Waals surface area contributed by atoms with E-state index in [-0.39, 0.29) is 18.5 Å². The number of rotatable bonds is 9. The Hall–Kier alpha value is -2.84. The van der Waals surface area contributed by atoms with Gasteiger partial charge in [-0.05, 0) is 36.4 Å². The van der Waals surface area contributed by atoms with Crippen molar-refractivity contribution in [2.75, 3.05) is 27.3 Å². The maximum atomic E-state index is 12.2. The number of nitrogens with zero attached hydrogens (tertiary/aromatic N) is 3. The molecule has 1 aliphatic heterocycles. The molecule has 2 unspecified atom stereocenters. The van der Waals surface area contributed by atoms with Gasteiger partial charge in [-0.1, -0.05) is 29.3 Å². The van der Waals surface area contributed by atoms with Crippen molar-refractivity contribution >= 4 is 29.0 Å². The fraction of sp³-hybridized carbons (Fsp3) is 0.280. The van der Waals surface area contributed by atoms with Crippen LogP contribution in [-0.2, 0) is 21.8 Å².